The van der Waals surface area contributed by atoms with Crippen LogP contribution in [-0.4, -0.2) is 23.2 Å². The summed E-state index contributed by atoms with van der Waals surface area (Å²) < 4.78 is 11.5. The Kier molecular flexibility index (Phi) is 5.70. The summed E-state index contributed by atoms with van der Waals surface area (Å²) in [7, 11) is 0. The molecule has 2 heterocycles. The minimum Gasteiger partial charge on any atom is -0.487 e. The van der Waals surface area contributed by atoms with E-state index >= 15 is 0 Å². The molecule has 0 bridgehead atoms. The van der Waals surface area contributed by atoms with Gasteiger partial charge in [-0.15, -0.1) is 0 Å². The van der Waals surface area contributed by atoms with Gasteiger partial charge < -0.3 is 9.47 Å². The molecule has 5 nitrogen and oxygen atoms in total. The van der Waals surface area contributed by atoms with Crippen LogP contribution in [0.15, 0.2) is 54.7 Å². The van der Waals surface area contributed by atoms with Gasteiger partial charge in [0.15, 0.2) is 0 Å². The molecule has 3 aromatic rings. The molecule has 0 amide bonds. The van der Waals surface area contributed by atoms with Crippen LogP contribution in [0, 0.1) is 11.3 Å². The molecule has 1 fully saturated rings. The van der Waals surface area contributed by atoms with Gasteiger partial charge in [-0.25, -0.2) is 9.97 Å². The third kappa shape index (κ3) is 4.41. The summed E-state index contributed by atoms with van der Waals surface area (Å²) in [4.78, 5) is 8.97. The lowest BCUT2D eigenvalue weighted by Crippen LogP contribution is -2.47. The first-order chi connectivity index (χ1) is 14.8. The van der Waals surface area contributed by atoms with Crippen molar-refractivity contribution in [3.05, 3.63) is 88.0 Å². The zero-order valence-electron chi connectivity index (χ0n) is 17.9. The van der Waals surface area contributed by atoms with E-state index in [9.17, 15) is 5.26 Å². The summed E-state index contributed by atoms with van der Waals surface area (Å²) in [6.07, 6.45) is 1.77. The van der Waals surface area contributed by atoms with Gasteiger partial charge in [0.05, 0.1) is 36.0 Å². The van der Waals surface area contributed by atoms with Crippen LogP contribution in [-0.2, 0) is 22.2 Å². The molecular formula is C25H24ClN3O2. The second kappa shape index (κ2) is 8.30. The predicted molar refractivity (Wildman–Crippen MR) is 119 cm³/mol. The maximum absolute atomic E-state index is 9.30. The number of benzene rings is 2. The molecule has 0 unspecified atom stereocenters. The van der Waals surface area contributed by atoms with E-state index in [0.717, 1.165) is 28.4 Å². The molecule has 4 rings (SSSR count). The topological polar surface area (TPSA) is 68.0 Å². The van der Waals surface area contributed by atoms with E-state index in [1.807, 2.05) is 42.5 Å². The molecule has 0 radical (unpaired) electrons. The number of halogens is 1. The van der Waals surface area contributed by atoms with Crippen LogP contribution >= 0.6 is 11.6 Å². The van der Waals surface area contributed by atoms with Crippen LogP contribution in [0.5, 0.6) is 5.75 Å². The number of rotatable bonds is 5. The Labute approximate surface area is 187 Å². The van der Waals surface area contributed by atoms with Gasteiger partial charge in [-0.3, -0.25) is 0 Å². The Morgan fingerprint density at radius 1 is 1.10 bits per heavy atom. The lowest BCUT2D eigenvalue weighted by Gasteiger charge is -2.42. The number of hydrogen-bond donors (Lipinski definition) is 0. The molecule has 1 aromatic heterocycles. The van der Waals surface area contributed by atoms with E-state index in [0.29, 0.717) is 30.4 Å². The summed E-state index contributed by atoms with van der Waals surface area (Å²) in [6.45, 7) is 7.74. The Hall–Kier alpha value is -2.94. The number of nitrogens with zero attached hydrogens (tertiary/aromatic N) is 3. The standard InChI is InChI=1S/C25H24ClN3O2/c1-24(2,3)23-28-9-8-21(29-23)14-31-22-6-4-18(5-7-22)25(15-30-16-25)19-10-17(13-27)11-20(26)12-19/h4-12H,14-16H2,1-3H3. The molecule has 2 aromatic carbocycles. The summed E-state index contributed by atoms with van der Waals surface area (Å²) in [5.74, 6) is 1.56. The van der Waals surface area contributed by atoms with Crippen molar-refractivity contribution < 1.29 is 9.47 Å². The van der Waals surface area contributed by atoms with E-state index in [-0.39, 0.29) is 10.8 Å². The smallest absolute Gasteiger partial charge is 0.133 e. The van der Waals surface area contributed by atoms with Crippen molar-refractivity contribution in [1.29, 1.82) is 5.26 Å². The summed E-state index contributed by atoms with van der Waals surface area (Å²) in [6, 6.07) is 17.5. The third-order valence-electron chi connectivity index (χ3n) is 5.45. The van der Waals surface area contributed by atoms with Crippen LogP contribution in [0.2, 0.25) is 5.02 Å². The van der Waals surface area contributed by atoms with E-state index in [1.54, 1.807) is 12.3 Å². The molecule has 0 spiro atoms. The molecule has 1 aliphatic rings. The molecule has 0 N–H and O–H groups in total. The van der Waals surface area contributed by atoms with Crippen molar-refractivity contribution >= 4 is 11.6 Å². The maximum Gasteiger partial charge on any atom is 0.133 e. The molecule has 158 valence electrons. The second-order valence-electron chi connectivity index (χ2n) is 8.85. The SMILES string of the molecule is CC(C)(C)c1nccc(COc2ccc(C3(c4cc(Cl)cc(C#N)c4)COC3)cc2)n1. The van der Waals surface area contributed by atoms with Crippen molar-refractivity contribution in [1.82, 2.24) is 9.97 Å². The van der Waals surface area contributed by atoms with Gasteiger partial charge in [-0.2, -0.15) is 5.26 Å². The number of aromatic nitrogens is 2. The van der Waals surface area contributed by atoms with Crippen molar-refractivity contribution in [2.45, 2.75) is 38.2 Å². The lowest BCUT2D eigenvalue weighted by atomic mass is 9.72. The van der Waals surface area contributed by atoms with Gasteiger partial charge in [0.1, 0.15) is 18.2 Å². The number of nitriles is 1. The zero-order valence-corrected chi connectivity index (χ0v) is 18.6. The first kappa shape index (κ1) is 21.3. The van der Waals surface area contributed by atoms with Crippen molar-refractivity contribution in [3.8, 4) is 11.8 Å². The summed E-state index contributed by atoms with van der Waals surface area (Å²) in [5, 5.41) is 9.85. The van der Waals surface area contributed by atoms with Gasteiger partial charge in [0.2, 0.25) is 0 Å². The Balaban J connectivity index is 1.52. The predicted octanol–water partition coefficient (Wildman–Crippen LogP) is 5.19. The molecule has 0 aliphatic carbocycles. The highest BCUT2D eigenvalue weighted by Crippen LogP contribution is 2.41. The molecule has 1 saturated heterocycles. The second-order valence-corrected chi connectivity index (χ2v) is 9.29. The monoisotopic (exact) mass is 433 g/mol. The van der Waals surface area contributed by atoms with Gasteiger partial charge in [0, 0.05) is 16.6 Å². The van der Waals surface area contributed by atoms with Crippen LogP contribution in [0.1, 0.15) is 49.0 Å². The largest absolute Gasteiger partial charge is 0.487 e. The molecule has 31 heavy (non-hydrogen) atoms. The van der Waals surface area contributed by atoms with Crippen LogP contribution in [0.4, 0.5) is 0 Å². The van der Waals surface area contributed by atoms with Crippen molar-refractivity contribution in [2.24, 2.45) is 0 Å². The lowest BCUT2D eigenvalue weighted by molar-refractivity contribution is -0.0380. The Morgan fingerprint density at radius 3 is 2.45 bits per heavy atom. The van der Waals surface area contributed by atoms with Crippen molar-refractivity contribution in [2.75, 3.05) is 13.2 Å². The molecule has 6 heteroatoms. The minimum atomic E-state index is -0.302. The van der Waals surface area contributed by atoms with E-state index in [4.69, 9.17) is 21.1 Å². The molecular weight excluding hydrogens is 410 g/mol. The van der Waals surface area contributed by atoms with E-state index in [2.05, 4.69) is 36.8 Å². The maximum atomic E-state index is 9.30. The zero-order chi connectivity index (χ0) is 22.1. The highest BCUT2D eigenvalue weighted by Gasteiger charge is 2.42. The summed E-state index contributed by atoms with van der Waals surface area (Å²) >= 11 is 6.24. The fourth-order valence-electron chi connectivity index (χ4n) is 3.60. The van der Waals surface area contributed by atoms with Gasteiger partial charge in [-0.1, -0.05) is 44.5 Å². The third-order valence-corrected chi connectivity index (χ3v) is 5.67. The van der Waals surface area contributed by atoms with Gasteiger partial charge in [0.25, 0.3) is 0 Å². The number of ether oxygens (including phenoxy) is 2. The van der Waals surface area contributed by atoms with Crippen molar-refractivity contribution in [3.63, 3.8) is 0 Å². The molecule has 0 atom stereocenters. The molecule has 0 saturated carbocycles. The van der Waals surface area contributed by atoms with Crippen LogP contribution < -0.4 is 4.74 Å². The quantitative estimate of drug-likeness (QED) is 0.553. The Bertz CT molecular complexity index is 1130. The van der Waals surface area contributed by atoms with Crippen LogP contribution in [0.25, 0.3) is 0 Å². The van der Waals surface area contributed by atoms with Crippen LogP contribution in [0.3, 0.4) is 0 Å². The van der Waals surface area contributed by atoms with Gasteiger partial charge in [-0.05, 0) is 47.5 Å². The Morgan fingerprint density at radius 2 is 1.84 bits per heavy atom. The fourth-order valence-corrected chi connectivity index (χ4v) is 3.84. The van der Waals surface area contributed by atoms with E-state index in [1.165, 1.54) is 0 Å². The normalized spacial score (nSPS) is 15.1. The number of hydrogen-bond acceptors (Lipinski definition) is 5. The molecule has 1 aliphatic heterocycles. The van der Waals surface area contributed by atoms with Gasteiger partial charge >= 0.3 is 0 Å². The fraction of sp³-hybridized carbons (Fsp3) is 0.320. The average molecular weight is 434 g/mol. The summed E-state index contributed by atoms with van der Waals surface area (Å²) in [5.41, 5.74) is 3.08. The minimum absolute atomic E-state index is 0.109. The highest BCUT2D eigenvalue weighted by atomic mass is 35.5. The highest BCUT2D eigenvalue weighted by molar-refractivity contribution is 6.30. The first-order valence-electron chi connectivity index (χ1n) is 10.1. The average Bonchev–Trinajstić information content (AvgIpc) is 2.71. The first-order valence-corrected chi connectivity index (χ1v) is 10.5. The van der Waals surface area contributed by atoms with E-state index < -0.39 is 0 Å².